The number of hydrogen-bond acceptors (Lipinski definition) is 4. The van der Waals surface area contributed by atoms with E-state index in [0.717, 1.165) is 11.1 Å². The molecule has 0 radical (unpaired) electrons. The number of carbonyl (C=O) groups excluding carboxylic acids is 1. The van der Waals surface area contributed by atoms with Crippen molar-refractivity contribution < 1.29 is 19.4 Å². The Kier molecular flexibility index (Phi) is 7.13. The summed E-state index contributed by atoms with van der Waals surface area (Å²) >= 11 is 0. The Hall–Kier alpha value is -2.70. The van der Waals surface area contributed by atoms with Gasteiger partial charge in [-0.1, -0.05) is 60.7 Å². The van der Waals surface area contributed by atoms with Crippen LogP contribution in [0.4, 0.5) is 0 Å². The van der Waals surface area contributed by atoms with Crippen molar-refractivity contribution in [3.63, 3.8) is 0 Å². The molecule has 6 nitrogen and oxygen atoms in total. The van der Waals surface area contributed by atoms with Crippen molar-refractivity contribution in [3.8, 4) is 0 Å². The maximum atomic E-state index is 12.1. The summed E-state index contributed by atoms with van der Waals surface area (Å²) in [5.74, 6) is -1.67. The van der Waals surface area contributed by atoms with Gasteiger partial charge in [0.25, 0.3) is 0 Å². The molecule has 0 aliphatic carbocycles. The van der Waals surface area contributed by atoms with Gasteiger partial charge in [0.05, 0.1) is 19.3 Å². The molecule has 0 heterocycles. The number of benzene rings is 2. The fourth-order valence-electron chi connectivity index (χ4n) is 2.28. The van der Waals surface area contributed by atoms with Gasteiger partial charge in [-0.3, -0.25) is 4.79 Å². The van der Waals surface area contributed by atoms with Crippen molar-refractivity contribution in [1.82, 2.24) is 5.32 Å². The zero-order valence-corrected chi connectivity index (χ0v) is 13.8. The summed E-state index contributed by atoms with van der Waals surface area (Å²) in [5.41, 5.74) is 7.72. The lowest BCUT2D eigenvalue weighted by molar-refractivity contribution is -0.144. The summed E-state index contributed by atoms with van der Waals surface area (Å²) in [7, 11) is 0. The van der Waals surface area contributed by atoms with Crippen LogP contribution in [0.15, 0.2) is 60.7 Å². The normalized spacial score (nSPS) is 13.0. The molecule has 4 N–H and O–H groups in total. The van der Waals surface area contributed by atoms with Gasteiger partial charge in [-0.2, -0.15) is 0 Å². The van der Waals surface area contributed by atoms with Crippen LogP contribution in [0.1, 0.15) is 11.1 Å². The van der Waals surface area contributed by atoms with Crippen LogP contribution in [0.25, 0.3) is 0 Å². The first kappa shape index (κ1) is 18.6. The van der Waals surface area contributed by atoms with Gasteiger partial charge in [-0.05, 0) is 17.5 Å². The average molecular weight is 342 g/mol. The summed E-state index contributed by atoms with van der Waals surface area (Å²) in [5, 5.41) is 11.7. The highest BCUT2D eigenvalue weighted by molar-refractivity contribution is 5.87. The van der Waals surface area contributed by atoms with E-state index in [1.54, 1.807) is 0 Å². The van der Waals surface area contributed by atoms with Gasteiger partial charge < -0.3 is 20.9 Å². The topological polar surface area (TPSA) is 102 Å². The number of nitrogens with two attached hydrogens (primary N) is 1. The van der Waals surface area contributed by atoms with Gasteiger partial charge in [0, 0.05) is 0 Å². The number of ether oxygens (including phenoxy) is 1. The van der Waals surface area contributed by atoms with Crippen molar-refractivity contribution >= 4 is 11.9 Å². The number of carboxylic acids is 1. The number of amides is 1. The third-order valence-electron chi connectivity index (χ3n) is 3.65. The lowest BCUT2D eigenvalue weighted by atomic mass is 10.1. The van der Waals surface area contributed by atoms with Gasteiger partial charge in [-0.15, -0.1) is 0 Å². The number of carbonyl (C=O) groups is 2. The van der Waals surface area contributed by atoms with Crippen molar-refractivity contribution in [2.75, 3.05) is 6.61 Å². The van der Waals surface area contributed by atoms with Crippen LogP contribution < -0.4 is 11.1 Å². The molecule has 1 amide bonds. The van der Waals surface area contributed by atoms with Crippen LogP contribution in [0.3, 0.4) is 0 Å². The van der Waals surface area contributed by atoms with Crippen LogP contribution >= 0.6 is 0 Å². The fourth-order valence-corrected chi connectivity index (χ4v) is 2.28. The smallest absolute Gasteiger partial charge is 0.328 e. The third-order valence-corrected chi connectivity index (χ3v) is 3.65. The first-order chi connectivity index (χ1) is 12.1. The second kappa shape index (κ2) is 9.56. The van der Waals surface area contributed by atoms with E-state index in [1.165, 1.54) is 0 Å². The average Bonchev–Trinajstić information content (AvgIpc) is 2.62. The Morgan fingerprint density at radius 1 is 1.00 bits per heavy atom. The molecule has 0 fully saturated rings. The third kappa shape index (κ3) is 6.37. The van der Waals surface area contributed by atoms with E-state index < -0.39 is 24.0 Å². The predicted octanol–water partition coefficient (Wildman–Crippen LogP) is 1.34. The van der Waals surface area contributed by atoms with E-state index >= 15 is 0 Å². The van der Waals surface area contributed by atoms with Crippen molar-refractivity contribution in [1.29, 1.82) is 0 Å². The molecule has 25 heavy (non-hydrogen) atoms. The Bertz CT molecular complexity index is 676. The summed E-state index contributed by atoms with van der Waals surface area (Å²) in [4.78, 5) is 23.5. The highest BCUT2D eigenvalue weighted by Gasteiger charge is 2.23. The quantitative estimate of drug-likeness (QED) is 0.638. The highest BCUT2D eigenvalue weighted by atomic mass is 16.5. The highest BCUT2D eigenvalue weighted by Crippen LogP contribution is 2.03. The molecule has 0 spiro atoms. The van der Waals surface area contributed by atoms with Crippen molar-refractivity contribution in [3.05, 3.63) is 71.8 Å². The van der Waals surface area contributed by atoms with E-state index in [1.807, 2.05) is 60.7 Å². The lowest BCUT2D eigenvalue weighted by Gasteiger charge is -2.18. The number of rotatable bonds is 9. The fraction of sp³-hybridized carbons (Fsp3) is 0.263. The molecule has 2 rings (SSSR count). The van der Waals surface area contributed by atoms with Crippen LogP contribution in [0.5, 0.6) is 0 Å². The van der Waals surface area contributed by atoms with E-state index in [9.17, 15) is 14.7 Å². The van der Waals surface area contributed by atoms with E-state index in [4.69, 9.17) is 10.5 Å². The first-order valence-corrected chi connectivity index (χ1v) is 8.00. The minimum Gasteiger partial charge on any atom is -0.480 e. The second-order valence-electron chi connectivity index (χ2n) is 5.70. The monoisotopic (exact) mass is 342 g/mol. The molecule has 2 atom stereocenters. The summed E-state index contributed by atoms with van der Waals surface area (Å²) < 4.78 is 5.41. The van der Waals surface area contributed by atoms with Gasteiger partial charge in [-0.25, -0.2) is 4.79 Å². The van der Waals surface area contributed by atoms with E-state index in [2.05, 4.69) is 5.32 Å². The van der Waals surface area contributed by atoms with Crippen molar-refractivity contribution in [2.24, 2.45) is 5.73 Å². The molecule has 6 heteroatoms. The summed E-state index contributed by atoms with van der Waals surface area (Å²) in [6.45, 7) is 0.143. The number of carboxylic acid groups (broad SMARTS) is 1. The number of aliphatic carboxylic acids is 1. The minimum atomic E-state index is -1.16. The molecular formula is C19H22N2O4. The maximum Gasteiger partial charge on any atom is 0.328 e. The molecule has 0 aromatic heterocycles. The second-order valence-corrected chi connectivity index (χ2v) is 5.70. The maximum absolute atomic E-state index is 12.1. The van der Waals surface area contributed by atoms with E-state index in [-0.39, 0.29) is 13.2 Å². The number of nitrogens with one attached hydrogen (secondary N) is 1. The zero-order valence-electron chi connectivity index (χ0n) is 13.8. The standard InChI is InChI=1S/C19H22N2O4/c20-16(11-14-7-3-1-4-8-14)18(22)21-17(19(23)24)13-25-12-15-9-5-2-6-10-15/h1-10,16-17H,11-13,20H2,(H,21,22)(H,23,24)/t16?,17-/m0/s1. The van der Waals surface area contributed by atoms with Gasteiger partial charge >= 0.3 is 5.97 Å². The van der Waals surface area contributed by atoms with E-state index in [0.29, 0.717) is 6.42 Å². The Morgan fingerprint density at radius 2 is 1.56 bits per heavy atom. The SMILES string of the molecule is NC(Cc1ccccc1)C(=O)N[C@@H](COCc1ccccc1)C(=O)O. The molecule has 132 valence electrons. The molecule has 0 bridgehead atoms. The predicted molar refractivity (Wildman–Crippen MR) is 93.8 cm³/mol. The molecule has 0 saturated heterocycles. The zero-order chi connectivity index (χ0) is 18.1. The minimum absolute atomic E-state index is 0.131. The largest absolute Gasteiger partial charge is 0.480 e. The summed E-state index contributed by atoms with van der Waals surface area (Å²) in [6.07, 6.45) is 0.337. The molecule has 0 aliphatic heterocycles. The van der Waals surface area contributed by atoms with Crippen LogP contribution in [-0.2, 0) is 27.4 Å². The van der Waals surface area contributed by atoms with Crippen LogP contribution in [0.2, 0.25) is 0 Å². The van der Waals surface area contributed by atoms with Gasteiger partial charge in [0.15, 0.2) is 6.04 Å². The van der Waals surface area contributed by atoms with Gasteiger partial charge in [0.1, 0.15) is 0 Å². The molecule has 0 saturated carbocycles. The molecule has 2 aromatic carbocycles. The Morgan fingerprint density at radius 3 is 2.12 bits per heavy atom. The molecule has 1 unspecified atom stereocenters. The Balaban J connectivity index is 1.83. The molecular weight excluding hydrogens is 320 g/mol. The summed E-state index contributed by atoms with van der Waals surface area (Å²) in [6, 6.07) is 16.8. The van der Waals surface area contributed by atoms with Gasteiger partial charge in [0.2, 0.25) is 5.91 Å². The molecule has 0 aliphatic rings. The Labute approximate surface area is 146 Å². The first-order valence-electron chi connectivity index (χ1n) is 8.00. The lowest BCUT2D eigenvalue weighted by Crippen LogP contribution is -2.51. The van der Waals surface area contributed by atoms with Crippen molar-refractivity contribution in [2.45, 2.75) is 25.1 Å². The van der Waals surface area contributed by atoms with Crippen LogP contribution in [-0.4, -0.2) is 35.7 Å². The van der Waals surface area contributed by atoms with Crippen LogP contribution in [0, 0.1) is 0 Å². The molecule has 2 aromatic rings. The number of hydrogen-bond donors (Lipinski definition) is 3.